The molecule has 2 aromatic rings. The van der Waals surface area contributed by atoms with Gasteiger partial charge in [0.2, 0.25) is 0 Å². The van der Waals surface area contributed by atoms with Gasteiger partial charge in [-0.15, -0.1) is 0 Å². The van der Waals surface area contributed by atoms with E-state index in [9.17, 15) is 4.39 Å². The van der Waals surface area contributed by atoms with Crippen molar-refractivity contribution in [1.29, 1.82) is 0 Å². The summed E-state index contributed by atoms with van der Waals surface area (Å²) >= 11 is 9.34. The summed E-state index contributed by atoms with van der Waals surface area (Å²) in [7, 11) is 0. The number of aromatic nitrogens is 2. The fourth-order valence-corrected chi connectivity index (χ4v) is 2.09. The fraction of sp³-hybridized carbons (Fsp3) is 0.167. The summed E-state index contributed by atoms with van der Waals surface area (Å²) in [6.07, 6.45) is 0.708. The van der Waals surface area contributed by atoms with E-state index in [1.54, 1.807) is 6.07 Å². The van der Waals surface area contributed by atoms with Gasteiger partial charge in [-0.05, 0) is 40.2 Å². The molecule has 0 unspecified atom stereocenters. The predicted molar refractivity (Wildman–Crippen MR) is 69.5 cm³/mol. The number of rotatable bonds is 2. The summed E-state index contributed by atoms with van der Waals surface area (Å²) in [5, 5.41) is 0.471. The Morgan fingerprint density at radius 2 is 2.06 bits per heavy atom. The first-order valence-electron chi connectivity index (χ1n) is 5.09. The smallest absolute Gasteiger partial charge is 0.130 e. The Labute approximate surface area is 112 Å². The third kappa shape index (κ3) is 2.82. The van der Waals surface area contributed by atoms with E-state index in [0.717, 1.165) is 0 Å². The number of halogens is 3. The average molecular weight is 316 g/mol. The van der Waals surface area contributed by atoms with Gasteiger partial charge in [0.25, 0.3) is 0 Å². The van der Waals surface area contributed by atoms with Gasteiger partial charge in [-0.3, -0.25) is 0 Å². The summed E-state index contributed by atoms with van der Waals surface area (Å²) < 4.78 is 13.9. The Bertz CT molecular complexity index is 560. The monoisotopic (exact) mass is 314 g/mol. The van der Waals surface area contributed by atoms with E-state index in [1.807, 2.05) is 6.92 Å². The van der Waals surface area contributed by atoms with Gasteiger partial charge in [0.1, 0.15) is 16.2 Å². The van der Waals surface area contributed by atoms with Crippen LogP contribution in [0.1, 0.15) is 12.7 Å². The molecule has 0 aliphatic heterocycles. The first kappa shape index (κ1) is 12.5. The van der Waals surface area contributed by atoms with Gasteiger partial charge in [-0.25, -0.2) is 14.4 Å². The first-order chi connectivity index (χ1) is 8.10. The lowest BCUT2D eigenvalue weighted by molar-refractivity contribution is 0.628. The van der Waals surface area contributed by atoms with Crippen LogP contribution in [0.15, 0.2) is 28.9 Å². The van der Waals surface area contributed by atoms with Crippen molar-refractivity contribution in [3.63, 3.8) is 0 Å². The lowest BCUT2D eigenvalue weighted by atomic mass is 10.1. The molecule has 0 fully saturated rings. The van der Waals surface area contributed by atoms with Gasteiger partial charge in [0, 0.05) is 12.0 Å². The summed E-state index contributed by atoms with van der Waals surface area (Å²) in [5.74, 6) is 0.354. The number of benzene rings is 1. The molecule has 0 amide bonds. The van der Waals surface area contributed by atoms with Gasteiger partial charge >= 0.3 is 0 Å². The molecule has 1 heterocycles. The number of aryl methyl sites for hydroxylation is 1. The molecule has 0 saturated carbocycles. The minimum atomic E-state index is -0.336. The maximum atomic E-state index is 13.2. The topological polar surface area (TPSA) is 25.8 Å². The zero-order valence-electron chi connectivity index (χ0n) is 9.04. The Hall–Kier alpha value is -1.000. The normalized spacial score (nSPS) is 10.6. The van der Waals surface area contributed by atoms with Crippen molar-refractivity contribution in [3.05, 3.63) is 45.5 Å². The van der Waals surface area contributed by atoms with E-state index in [0.29, 0.717) is 33.1 Å². The summed E-state index contributed by atoms with van der Waals surface area (Å²) in [4.78, 5) is 8.53. The van der Waals surface area contributed by atoms with Crippen molar-refractivity contribution in [2.24, 2.45) is 0 Å². The van der Waals surface area contributed by atoms with Crippen LogP contribution in [0, 0.1) is 5.82 Å². The predicted octanol–water partition coefficient (Wildman–Crippen LogP) is 4.26. The quantitative estimate of drug-likeness (QED) is 0.774. The lowest BCUT2D eigenvalue weighted by Gasteiger charge is -2.06. The van der Waals surface area contributed by atoms with E-state index < -0.39 is 0 Å². The molecular weight excluding hydrogens is 307 g/mol. The first-order valence-corrected chi connectivity index (χ1v) is 6.26. The van der Waals surface area contributed by atoms with Crippen molar-refractivity contribution >= 4 is 27.5 Å². The molecule has 88 valence electrons. The molecule has 0 radical (unpaired) electrons. The molecule has 0 aliphatic rings. The minimum Gasteiger partial charge on any atom is -0.233 e. The highest BCUT2D eigenvalue weighted by Gasteiger charge is 2.09. The van der Waals surface area contributed by atoms with Crippen LogP contribution in [0.2, 0.25) is 5.02 Å². The van der Waals surface area contributed by atoms with Crippen LogP contribution >= 0.6 is 27.5 Å². The van der Waals surface area contributed by atoms with Gasteiger partial charge in [0.05, 0.1) is 10.7 Å². The Balaban J connectivity index is 2.59. The van der Waals surface area contributed by atoms with Crippen molar-refractivity contribution < 1.29 is 4.39 Å². The highest BCUT2D eigenvalue weighted by molar-refractivity contribution is 9.10. The van der Waals surface area contributed by atoms with Crippen molar-refractivity contribution in [2.45, 2.75) is 13.3 Å². The number of nitrogens with zero attached hydrogens (tertiary/aromatic N) is 2. The number of hydrogen-bond acceptors (Lipinski definition) is 2. The SMILES string of the molecule is CCc1nc(Br)cc(-c2cc(F)ccc2Cl)n1. The van der Waals surface area contributed by atoms with Crippen LogP contribution in [0.3, 0.4) is 0 Å². The molecule has 0 N–H and O–H groups in total. The molecule has 0 aliphatic carbocycles. The summed E-state index contributed by atoms with van der Waals surface area (Å²) in [5.41, 5.74) is 1.19. The van der Waals surface area contributed by atoms with E-state index in [1.165, 1.54) is 18.2 Å². The van der Waals surface area contributed by atoms with Crippen molar-refractivity contribution in [1.82, 2.24) is 9.97 Å². The second-order valence-electron chi connectivity index (χ2n) is 3.47. The summed E-state index contributed by atoms with van der Waals surface area (Å²) in [6, 6.07) is 5.94. The maximum absolute atomic E-state index is 13.2. The third-order valence-electron chi connectivity index (χ3n) is 2.26. The van der Waals surface area contributed by atoms with E-state index in [-0.39, 0.29) is 5.82 Å². The standard InChI is InChI=1S/C12H9BrClFN2/c1-2-12-16-10(6-11(13)17-12)8-5-7(15)3-4-9(8)14/h3-6H,2H2,1H3. The van der Waals surface area contributed by atoms with E-state index in [2.05, 4.69) is 25.9 Å². The van der Waals surface area contributed by atoms with Crippen LogP contribution in [0.25, 0.3) is 11.3 Å². The molecule has 0 atom stereocenters. The molecule has 2 rings (SSSR count). The zero-order valence-corrected chi connectivity index (χ0v) is 11.4. The van der Waals surface area contributed by atoms with Gasteiger partial charge in [-0.2, -0.15) is 0 Å². The molecule has 1 aromatic carbocycles. The van der Waals surface area contributed by atoms with Crippen molar-refractivity contribution in [3.8, 4) is 11.3 Å². The summed E-state index contributed by atoms with van der Waals surface area (Å²) in [6.45, 7) is 1.96. The zero-order chi connectivity index (χ0) is 12.4. The largest absolute Gasteiger partial charge is 0.233 e. The van der Waals surface area contributed by atoms with Gasteiger partial charge in [0.15, 0.2) is 0 Å². The molecule has 0 saturated heterocycles. The number of hydrogen-bond donors (Lipinski definition) is 0. The highest BCUT2D eigenvalue weighted by atomic mass is 79.9. The lowest BCUT2D eigenvalue weighted by Crippen LogP contribution is -1.96. The van der Waals surface area contributed by atoms with Crippen LogP contribution in [-0.2, 0) is 6.42 Å². The Morgan fingerprint density at radius 3 is 2.76 bits per heavy atom. The minimum absolute atomic E-state index is 0.336. The molecule has 0 spiro atoms. The second kappa shape index (κ2) is 5.10. The highest BCUT2D eigenvalue weighted by Crippen LogP contribution is 2.28. The van der Waals surface area contributed by atoms with Crippen LogP contribution in [0.4, 0.5) is 4.39 Å². The fourth-order valence-electron chi connectivity index (χ4n) is 1.45. The molecule has 2 nitrogen and oxygen atoms in total. The van der Waals surface area contributed by atoms with Crippen LogP contribution < -0.4 is 0 Å². The van der Waals surface area contributed by atoms with Crippen LogP contribution in [-0.4, -0.2) is 9.97 Å². The Kier molecular flexibility index (Phi) is 3.74. The average Bonchev–Trinajstić information content (AvgIpc) is 2.31. The molecule has 5 heteroatoms. The maximum Gasteiger partial charge on any atom is 0.130 e. The molecule has 17 heavy (non-hydrogen) atoms. The second-order valence-corrected chi connectivity index (χ2v) is 4.69. The van der Waals surface area contributed by atoms with Crippen molar-refractivity contribution in [2.75, 3.05) is 0 Å². The van der Waals surface area contributed by atoms with Gasteiger partial charge in [-0.1, -0.05) is 18.5 Å². The van der Waals surface area contributed by atoms with E-state index >= 15 is 0 Å². The molecular formula is C12H9BrClFN2. The van der Waals surface area contributed by atoms with Crippen LogP contribution in [0.5, 0.6) is 0 Å². The third-order valence-corrected chi connectivity index (χ3v) is 3.00. The molecule has 1 aromatic heterocycles. The van der Waals surface area contributed by atoms with E-state index in [4.69, 9.17) is 11.6 Å². The molecule has 0 bridgehead atoms. The van der Waals surface area contributed by atoms with Gasteiger partial charge < -0.3 is 0 Å². The Morgan fingerprint density at radius 1 is 1.29 bits per heavy atom.